The largest absolute Gasteiger partial charge is 0.414 e. The minimum absolute atomic E-state index is 0.0366. The lowest BCUT2D eigenvalue weighted by molar-refractivity contribution is -0.0459. The quantitative estimate of drug-likeness (QED) is 0.321. The first-order chi connectivity index (χ1) is 17.7. The highest BCUT2D eigenvalue weighted by molar-refractivity contribution is 6.74. The molecule has 0 amide bonds. The van der Waals surface area contributed by atoms with Crippen LogP contribution >= 0.6 is 0 Å². The molecule has 0 aliphatic heterocycles. The molecule has 1 N–H and O–H groups in total. The summed E-state index contributed by atoms with van der Waals surface area (Å²) in [5, 5.41) is 10.4. The van der Waals surface area contributed by atoms with Crippen LogP contribution < -0.4 is 0 Å². The van der Waals surface area contributed by atoms with E-state index in [-0.39, 0.29) is 27.7 Å². The molecule has 224 valence electrons. The van der Waals surface area contributed by atoms with Gasteiger partial charge in [0.2, 0.25) is 0 Å². The van der Waals surface area contributed by atoms with Gasteiger partial charge in [-0.25, -0.2) is 0 Å². The summed E-state index contributed by atoms with van der Waals surface area (Å²) in [4.78, 5) is 0. The van der Waals surface area contributed by atoms with Crippen molar-refractivity contribution in [2.24, 2.45) is 34.5 Å². The number of hydrogen-bond acceptors (Lipinski definition) is 3. The van der Waals surface area contributed by atoms with E-state index in [1.807, 2.05) is 0 Å². The van der Waals surface area contributed by atoms with Crippen LogP contribution in [0.5, 0.6) is 0 Å². The molecule has 0 bridgehead atoms. The fourth-order valence-electron chi connectivity index (χ4n) is 8.49. The molecule has 3 fully saturated rings. The molecule has 4 aliphatic rings. The minimum atomic E-state index is -1.99. The molecule has 4 aliphatic carbocycles. The minimum Gasteiger partial charge on any atom is -0.414 e. The van der Waals surface area contributed by atoms with Gasteiger partial charge in [-0.05, 0) is 104 Å². The molecule has 3 saturated carbocycles. The van der Waals surface area contributed by atoms with Gasteiger partial charge in [-0.2, -0.15) is 0 Å². The molecule has 0 aromatic carbocycles. The average Bonchev–Trinajstić information content (AvgIpc) is 3.14. The lowest BCUT2D eigenvalue weighted by Gasteiger charge is -2.59. The Morgan fingerprint density at radius 2 is 1.49 bits per heavy atom. The summed E-state index contributed by atoms with van der Waals surface area (Å²) in [5.74, 6) is 2.21. The van der Waals surface area contributed by atoms with Crippen molar-refractivity contribution in [3.8, 4) is 0 Å². The Hall–Kier alpha value is -0.206. The normalized spacial score (nSPS) is 38.4. The van der Waals surface area contributed by atoms with E-state index in [9.17, 15) is 5.11 Å². The van der Waals surface area contributed by atoms with E-state index in [1.54, 1.807) is 11.1 Å². The zero-order valence-corrected chi connectivity index (χ0v) is 29.8. The zero-order valence-electron chi connectivity index (χ0n) is 27.8. The van der Waals surface area contributed by atoms with Crippen molar-refractivity contribution in [3.05, 3.63) is 23.3 Å². The molecule has 0 heterocycles. The first-order valence-corrected chi connectivity index (χ1v) is 21.9. The number of hydrogen-bond donors (Lipinski definition) is 1. The highest BCUT2D eigenvalue weighted by Crippen LogP contribution is 2.66. The summed E-state index contributed by atoms with van der Waals surface area (Å²) in [5.41, 5.74) is 3.63. The fraction of sp³-hybridized carbons (Fsp3) is 0.882. The van der Waals surface area contributed by atoms with Gasteiger partial charge in [0.25, 0.3) is 0 Å². The van der Waals surface area contributed by atoms with Gasteiger partial charge in [0.05, 0.1) is 12.2 Å². The predicted molar refractivity (Wildman–Crippen MR) is 171 cm³/mol. The third kappa shape index (κ3) is 5.28. The van der Waals surface area contributed by atoms with Crippen LogP contribution in [0.1, 0.15) is 101 Å². The first kappa shape index (κ1) is 31.7. The topological polar surface area (TPSA) is 38.7 Å². The van der Waals surface area contributed by atoms with E-state index in [2.05, 4.69) is 101 Å². The lowest BCUT2D eigenvalue weighted by atomic mass is 9.49. The Kier molecular flexibility index (Phi) is 8.30. The second kappa shape index (κ2) is 10.2. The highest BCUT2D eigenvalue weighted by Gasteiger charge is 2.60. The summed E-state index contributed by atoms with van der Waals surface area (Å²) in [6, 6.07) is 0. The van der Waals surface area contributed by atoms with Gasteiger partial charge >= 0.3 is 0 Å². The second-order valence-corrected chi connectivity index (χ2v) is 27.0. The Balaban J connectivity index is 1.73. The molecule has 3 nitrogen and oxygen atoms in total. The SMILES string of the molecule is C[C@H](CO)[C@H]1CC[C@H]2C3=CC=C4C[C@@H](O[Si](C)(C)C(C)(C)C)C[C@H](O[Si](C)(C)C(C)(C)C)[C@]4(C)[C@H]3CC[C@]12C. The summed E-state index contributed by atoms with van der Waals surface area (Å²) >= 11 is 0. The van der Waals surface area contributed by atoms with Gasteiger partial charge in [-0.3, -0.25) is 0 Å². The van der Waals surface area contributed by atoms with Crippen molar-refractivity contribution >= 4 is 16.6 Å². The van der Waals surface area contributed by atoms with E-state index in [0.717, 1.165) is 12.8 Å². The van der Waals surface area contributed by atoms with Gasteiger partial charge in [-0.15, -0.1) is 0 Å². The van der Waals surface area contributed by atoms with Crippen LogP contribution in [0.3, 0.4) is 0 Å². The molecular weight excluding hydrogens is 513 g/mol. The second-order valence-electron chi connectivity index (χ2n) is 17.4. The summed E-state index contributed by atoms with van der Waals surface area (Å²) in [6.45, 7) is 31.6. The van der Waals surface area contributed by atoms with Crippen LogP contribution in [0.25, 0.3) is 0 Å². The van der Waals surface area contributed by atoms with Crippen LogP contribution in [0.4, 0.5) is 0 Å². The fourth-order valence-corrected chi connectivity index (χ4v) is 11.3. The van der Waals surface area contributed by atoms with Gasteiger partial charge in [0.15, 0.2) is 16.6 Å². The molecule has 0 spiro atoms. The molecule has 39 heavy (non-hydrogen) atoms. The monoisotopic (exact) mass is 574 g/mol. The van der Waals surface area contributed by atoms with Crippen molar-refractivity contribution in [3.63, 3.8) is 0 Å². The summed E-state index contributed by atoms with van der Waals surface area (Å²) < 4.78 is 14.6. The first-order valence-electron chi connectivity index (χ1n) is 16.1. The van der Waals surface area contributed by atoms with E-state index in [0.29, 0.717) is 35.7 Å². The number of aliphatic hydroxyl groups is 1. The third-order valence-corrected chi connectivity index (χ3v) is 22.2. The number of fused-ring (bicyclic) bond motifs is 5. The van der Waals surface area contributed by atoms with E-state index < -0.39 is 16.6 Å². The van der Waals surface area contributed by atoms with E-state index in [4.69, 9.17) is 8.85 Å². The maximum atomic E-state index is 10.0. The smallest absolute Gasteiger partial charge is 0.192 e. The van der Waals surface area contributed by atoms with Crippen molar-refractivity contribution in [1.82, 2.24) is 0 Å². The predicted octanol–water partition coefficient (Wildman–Crippen LogP) is 9.50. The van der Waals surface area contributed by atoms with E-state index in [1.165, 1.54) is 25.7 Å². The molecule has 4 rings (SSSR count). The van der Waals surface area contributed by atoms with Crippen molar-refractivity contribution in [2.75, 3.05) is 6.61 Å². The Morgan fingerprint density at radius 1 is 0.897 bits per heavy atom. The van der Waals surface area contributed by atoms with Crippen molar-refractivity contribution in [2.45, 2.75) is 149 Å². The molecule has 0 unspecified atom stereocenters. The van der Waals surface area contributed by atoms with Gasteiger partial charge in [0.1, 0.15) is 0 Å². The third-order valence-electron chi connectivity index (χ3n) is 13.2. The van der Waals surface area contributed by atoms with Crippen LogP contribution in [0.2, 0.25) is 36.3 Å². The van der Waals surface area contributed by atoms with Crippen molar-refractivity contribution < 1.29 is 14.0 Å². The number of allylic oxidation sites excluding steroid dienone is 3. The standard InChI is InChI=1S/C34H62O3Si2/c1-23(22-35)27-16-17-28-26-15-14-24-20-25(36-38(10,11)31(2,3)4)21-30(37-39(12,13)32(5,6)7)34(24,9)29(26)18-19-33(27,28)8/h14-15,23,25,27-30,35H,16-22H2,1-13H3/t23-,25-,27-,28+,29+,30+,33-,34+/m1/s1. The average molecular weight is 575 g/mol. The molecule has 0 aromatic rings. The summed E-state index contributed by atoms with van der Waals surface area (Å²) in [6.07, 6.45) is 12.6. The van der Waals surface area contributed by atoms with Crippen LogP contribution in [-0.4, -0.2) is 40.6 Å². The van der Waals surface area contributed by atoms with Crippen LogP contribution in [0, 0.1) is 34.5 Å². The molecule has 0 radical (unpaired) electrons. The Bertz CT molecular complexity index is 983. The summed E-state index contributed by atoms with van der Waals surface area (Å²) in [7, 11) is -3.88. The molecule has 0 aromatic heterocycles. The van der Waals surface area contributed by atoms with Crippen molar-refractivity contribution in [1.29, 1.82) is 0 Å². The Morgan fingerprint density at radius 3 is 2.05 bits per heavy atom. The van der Waals surface area contributed by atoms with Gasteiger partial charge in [0, 0.05) is 12.0 Å². The van der Waals surface area contributed by atoms with Gasteiger partial charge in [-0.1, -0.05) is 85.6 Å². The van der Waals surface area contributed by atoms with Crippen LogP contribution in [0.15, 0.2) is 23.3 Å². The van der Waals surface area contributed by atoms with Crippen LogP contribution in [-0.2, 0) is 8.85 Å². The lowest BCUT2D eigenvalue weighted by Crippen LogP contribution is -2.58. The zero-order chi connectivity index (χ0) is 29.4. The Labute approximate surface area is 243 Å². The number of rotatable bonds is 6. The van der Waals surface area contributed by atoms with Gasteiger partial charge < -0.3 is 14.0 Å². The highest BCUT2D eigenvalue weighted by atomic mass is 28.4. The molecule has 8 atom stereocenters. The molecule has 0 saturated heterocycles. The maximum Gasteiger partial charge on any atom is 0.192 e. The molecule has 5 heteroatoms. The maximum absolute atomic E-state index is 10.0. The van der Waals surface area contributed by atoms with E-state index >= 15 is 0 Å². The molecular formula is C34H62O3Si2. The number of aliphatic hydroxyl groups excluding tert-OH is 1.